The summed E-state index contributed by atoms with van der Waals surface area (Å²) in [6.07, 6.45) is 1.84. The third-order valence-electron chi connectivity index (χ3n) is 1.01. The maximum Gasteiger partial charge on any atom is 0.224 e. The second-order valence-corrected chi connectivity index (χ2v) is 2.14. The van der Waals surface area contributed by atoms with E-state index in [2.05, 4.69) is 11.9 Å². The Morgan fingerprint density at radius 3 is 2.90 bits per heavy atom. The minimum absolute atomic E-state index is 0.0249. The number of hydrogen-bond donors (Lipinski definition) is 2. The summed E-state index contributed by atoms with van der Waals surface area (Å²) in [7, 11) is 0. The largest absolute Gasteiger partial charge is 0.394 e. The molecule has 0 radical (unpaired) electrons. The SMILES string of the molecule is C=CCC(=O)N[C@H](C)CO. The Labute approximate surface area is 60.7 Å². The lowest BCUT2D eigenvalue weighted by Gasteiger charge is -2.08. The molecule has 1 amide bonds. The molecule has 0 aromatic carbocycles. The Balaban J connectivity index is 3.46. The Bertz CT molecular complexity index is 123. The van der Waals surface area contributed by atoms with Gasteiger partial charge in [0.25, 0.3) is 0 Å². The van der Waals surface area contributed by atoms with Crippen LogP contribution in [-0.2, 0) is 4.79 Å². The van der Waals surface area contributed by atoms with Crippen LogP contribution in [0.2, 0.25) is 0 Å². The van der Waals surface area contributed by atoms with Crippen molar-refractivity contribution in [2.45, 2.75) is 19.4 Å². The average molecular weight is 143 g/mol. The topological polar surface area (TPSA) is 49.3 Å². The van der Waals surface area contributed by atoms with Gasteiger partial charge in [0.05, 0.1) is 6.61 Å². The van der Waals surface area contributed by atoms with Crippen molar-refractivity contribution < 1.29 is 9.90 Å². The van der Waals surface area contributed by atoms with Crippen LogP contribution in [0.5, 0.6) is 0 Å². The number of carbonyl (C=O) groups excluding carboxylic acids is 1. The number of carbonyl (C=O) groups is 1. The van der Waals surface area contributed by atoms with Gasteiger partial charge in [-0.25, -0.2) is 0 Å². The first-order chi connectivity index (χ1) is 4.70. The molecule has 0 saturated heterocycles. The van der Waals surface area contributed by atoms with Crippen molar-refractivity contribution in [3.05, 3.63) is 12.7 Å². The monoisotopic (exact) mass is 143 g/mol. The van der Waals surface area contributed by atoms with Gasteiger partial charge in [-0.3, -0.25) is 4.79 Å². The summed E-state index contributed by atoms with van der Waals surface area (Å²) in [6.45, 7) is 5.12. The molecule has 10 heavy (non-hydrogen) atoms. The Hall–Kier alpha value is -0.830. The van der Waals surface area contributed by atoms with Gasteiger partial charge >= 0.3 is 0 Å². The number of aliphatic hydroxyl groups excluding tert-OH is 1. The van der Waals surface area contributed by atoms with Gasteiger partial charge in [-0.05, 0) is 6.92 Å². The number of nitrogens with one attached hydrogen (secondary N) is 1. The van der Waals surface area contributed by atoms with E-state index in [-0.39, 0.29) is 18.6 Å². The maximum atomic E-state index is 10.7. The summed E-state index contributed by atoms with van der Waals surface area (Å²) in [5, 5.41) is 11.1. The predicted octanol–water partition coefficient (Wildman–Crippen LogP) is 0.0595. The van der Waals surface area contributed by atoms with E-state index in [1.165, 1.54) is 6.08 Å². The summed E-state index contributed by atoms with van der Waals surface area (Å²) >= 11 is 0. The fraction of sp³-hybridized carbons (Fsp3) is 0.571. The Kier molecular flexibility index (Phi) is 4.58. The van der Waals surface area contributed by atoms with Crippen LogP contribution in [0.1, 0.15) is 13.3 Å². The summed E-state index contributed by atoms with van der Waals surface area (Å²) in [5.41, 5.74) is 0. The van der Waals surface area contributed by atoms with Crippen molar-refractivity contribution in [3.63, 3.8) is 0 Å². The quantitative estimate of drug-likeness (QED) is 0.547. The Morgan fingerprint density at radius 1 is 1.90 bits per heavy atom. The lowest BCUT2D eigenvalue weighted by Crippen LogP contribution is -2.34. The number of amides is 1. The van der Waals surface area contributed by atoms with Crippen molar-refractivity contribution in [2.75, 3.05) is 6.61 Å². The molecule has 1 atom stereocenters. The summed E-state index contributed by atoms with van der Waals surface area (Å²) in [4.78, 5) is 10.7. The zero-order chi connectivity index (χ0) is 7.98. The average Bonchev–Trinajstić information content (AvgIpc) is 1.88. The highest BCUT2D eigenvalue weighted by Gasteiger charge is 2.02. The van der Waals surface area contributed by atoms with E-state index in [4.69, 9.17) is 5.11 Å². The number of hydrogen-bond acceptors (Lipinski definition) is 2. The van der Waals surface area contributed by atoms with E-state index in [1.807, 2.05) is 0 Å². The van der Waals surface area contributed by atoms with E-state index in [0.717, 1.165) is 0 Å². The third-order valence-corrected chi connectivity index (χ3v) is 1.01. The predicted molar refractivity (Wildman–Crippen MR) is 39.5 cm³/mol. The minimum Gasteiger partial charge on any atom is -0.394 e. The Morgan fingerprint density at radius 2 is 2.50 bits per heavy atom. The van der Waals surface area contributed by atoms with Crippen LogP contribution in [0.3, 0.4) is 0 Å². The molecule has 0 aromatic heterocycles. The summed E-state index contributed by atoms with van der Waals surface area (Å²) in [5.74, 6) is -0.100. The van der Waals surface area contributed by atoms with Crippen LogP contribution in [0.15, 0.2) is 12.7 Å². The van der Waals surface area contributed by atoms with Gasteiger partial charge < -0.3 is 10.4 Å². The first-order valence-corrected chi connectivity index (χ1v) is 3.21. The smallest absolute Gasteiger partial charge is 0.224 e. The van der Waals surface area contributed by atoms with Gasteiger partial charge in [0, 0.05) is 12.5 Å². The van der Waals surface area contributed by atoms with Crippen LogP contribution in [0.4, 0.5) is 0 Å². The molecule has 58 valence electrons. The van der Waals surface area contributed by atoms with Gasteiger partial charge in [-0.15, -0.1) is 6.58 Å². The summed E-state index contributed by atoms with van der Waals surface area (Å²) < 4.78 is 0. The molecule has 0 unspecified atom stereocenters. The fourth-order valence-corrected chi connectivity index (χ4v) is 0.510. The molecular formula is C7H13NO2. The zero-order valence-electron chi connectivity index (χ0n) is 6.13. The molecule has 3 heteroatoms. The molecule has 0 aliphatic carbocycles. The van der Waals surface area contributed by atoms with Crippen molar-refractivity contribution in [3.8, 4) is 0 Å². The van der Waals surface area contributed by atoms with Gasteiger partial charge in [0.1, 0.15) is 0 Å². The highest BCUT2D eigenvalue weighted by atomic mass is 16.3. The molecule has 0 bridgehead atoms. The van der Waals surface area contributed by atoms with Crippen LogP contribution in [0, 0.1) is 0 Å². The van der Waals surface area contributed by atoms with Crippen molar-refractivity contribution in [2.24, 2.45) is 0 Å². The highest BCUT2D eigenvalue weighted by molar-refractivity contribution is 5.77. The third kappa shape index (κ3) is 4.09. The second-order valence-electron chi connectivity index (χ2n) is 2.14. The van der Waals surface area contributed by atoms with Crippen LogP contribution in [-0.4, -0.2) is 23.7 Å². The molecule has 0 spiro atoms. The molecular weight excluding hydrogens is 130 g/mol. The number of rotatable bonds is 4. The van der Waals surface area contributed by atoms with Gasteiger partial charge in [0.15, 0.2) is 0 Å². The van der Waals surface area contributed by atoms with Crippen LogP contribution < -0.4 is 5.32 Å². The number of aliphatic hydroxyl groups is 1. The van der Waals surface area contributed by atoms with Crippen molar-refractivity contribution in [1.82, 2.24) is 5.32 Å². The molecule has 2 N–H and O–H groups in total. The van der Waals surface area contributed by atoms with Gasteiger partial charge in [-0.1, -0.05) is 6.08 Å². The lowest BCUT2D eigenvalue weighted by atomic mass is 10.3. The van der Waals surface area contributed by atoms with Crippen molar-refractivity contribution >= 4 is 5.91 Å². The molecule has 0 rings (SSSR count). The first kappa shape index (κ1) is 9.17. The lowest BCUT2D eigenvalue weighted by molar-refractivity contribution is -0.121. The highest BCUT2D eigenvalue weighted by Crippen LogP contribution is 1.83. The fourth-order valence-electron chi connectivity index (χ4n) is 0.510. The van der Waals surface area contributed by atoms with Gasteiger partial charge in [-0.2, -0.15) is 0 Å². The van der Waals surface area contributed by atoms with E-state index >= 15 is 0 Å². The standard InChI is InChI=1S/C7H13NO2/c1-3-4-7(10)8-6(2)5-9/h3,6,9H,1,4-5H2,2H3,(H,8,10)/t6-/m1/s1. The van der Waals surface area contributed by atoms with Crippen LogP contribution in [0.25, 0.3) is 0 Å². The van der Waals surface area contributed by atoms with E-state index in [9.17, 15) is 4.79 Å². The molecule has 0 aliphatic heterocycles. The zero-order valence-corrected chi connectivity index (χ0v) is 6.13. The minimum atomic E-state index is -0.160. The first-order valence-electron chi connectivity index (χ1n) is 3.21. The molecule has 0 aromatic rings. The van der Waals surface area contributed by atoms with E-state index < -0.39 is 0 Å². The van der Waals surface area contributed by atoms with Crippen molar-refractivity contribution in [1.29, 1.82) is 0 Å². The van der Waals surface area contributed by atoms with Crippen LogP contribution >= 0.6 is 0 Å². The molecule has 0 heterocycles. The normalized spacial score (nSPS) is 12.2. The molecule has 3 nitrogen and oxygen atoms in total. The summed E-state index contributed by atoms with van der Waals surface area (Å²) in [6, 6.07) is -0.160. The van der Waals surface area contributed by atoms with Gasteiger partial charge in [0.2, 0.25) is 5.91 Å². The van der Waals surface area contributed by atoms with E-state index in [1.54, 1.807) is 6.92 Å². The second kappa shape index (κ2) is 4.99. The maximum absolute atomic E-state index is 10.7. The van der Waals surface area contributed by atoms with E-state index in [0.29, 0.717) is 6.42 Å². The molecule has 0 saturated carbocycles. The molecule has 0 aliphatic rings. The molecule has 0 fully saturated rings.